The van der Waals surface area contributed by atoms with E-state index in [9.17, 15) is 0 Å². The van der Waals surface area contributed by atoms with Crippen molar-refractivity contribution in [1.82, 2.24) is 9.80 Å². The van der Waals surface area contributed by atoms with Crippen LogP contribution < -0.4 is 10.5 Å². The van der Waals surface area contributed by atoms with Gasteiger partial charge in [0, 0.05) is 17.6 Å². The molecule has 2 saturated heterocycles. The van der Waals surface area contributed by atoms with Gasteiger partial charge in [0.15, 0.2) is 5.96 Å². The number of halogens is 1. The van der Waals surface area contributed by atoms with Crippen LogP contribution in [0.25, 0.3) is 0 Å². The molecule has 156 valence electrons. The fourth-order valence-electron chi connectivity index (χ4n) is 4.68. The van der Waals surface area contributed by atoms with Gasteiger partial charge in [0.2, 0.25) is 0 Å². The molecule has 1 aromatic rings. The summed E-state index contributed by atoms with van der Waals surface area (Å²) in [6.07, 6.45) is 8.70. The normalized spacial score (nSPS) is 21.6. The molecule has 0 aromatic heterocycles. The van der Waals surface area contributed by atoms with Crippen LogP contribution >= 0.6 is 15.9 Å². The minimum atomic E-state index is 0.245. The summed E-state index contributed by atoms with van der Waals surface area (Å²) in [7, 11) is 1.73. The summed E-state index contributed by atoms with van der Waals surface area (Å²) < 4.78 is 6.58. The van der Waals surface area contributed by atoms with Crippen LogP contribution in [0, 0.1) is 17.2 Å². The van der Waals surface area contributed by atoms with E-state index in [0.717, 1.165) is 31.2 Å². The molecule has 0 saturated carbocycles. The third-order valence-corrected chi connectivity index (χ3v) is 7.19. The zero-order chi connectivity index (χ0) is 19.9. The standard InChI is InChI=1S/C22H35BrN4O/c1-28-20-6-7-21(23)19(15-20)14-17-8-12-26(13-9-17)10-2-4-18-5-3-11-27(16-18)22(24)25/h6-7,15,17-18H,2-5,8-14,16H2,1H3,(H3,24,25). The van der Waals surface area contributed by atoms with Crippen molar-refractivity contribution in [2.45, 2.75) is 44.9 Å². The summed E-state index contributed by atoms with van der Waals surface area (Å²) in [5.74, 6) is 2.67. The maximum absolute atomic E-state index is 7.64. The van der Waals surface area contributed by atoms with E-state index in [4.69, 9.17) is 15.9 Å². The highest BCUT2D eigenvalue weighted by atomic mass is 79.9. The molecule has 0 amide bonds. The maximum atomic E-state index is 7.64. The van der Waals surface area contributed by atoms with Gasteiger partial charge in [0.1, 0.15) is 5.75 Å². The molecule has 2 aliphatic heterocycles. The highest BCUT2D eigenvalue weighted by molar-refractivity contribution is 9.10. The Bertz CT molecular complexity index is 645. The molecular weight excluding hydrogens is 416 g/mol. The number of likely N-dealkylation sites (tertiary alicyclic amines) is 2. The number of piperidine rings is 2. The second-order valence-corrected chi connectivity index (χ2v) is 9.28. The van der Waals surface area contributed by atoms with Gasteiger partial charge >= 0.3 is 0 Å². The number of methoxy groups -OCH3 is 1. The maximum Gasteiger partial charge on any atom is 0.188 e. The molecule has 2 heterocycles. The van der Waals surface area contributed by atoms with E-state index in [1.54, 1.807) is 7.11 Å². The number of guanidine groups is 1. The minimum Gasteiger partial charge on any atom is -0.497 e. The number of nitrogens with two attached hydrogens (primary N) is 1. The Morgan fingerprint density at radius 2 is 2.00 bits per heavy atom. The van der Waals surface area contributed by atoms with Crippen molar-refractivity contribution in [1.29, 1.82) is 5.41 Å². The number of nitrogens with zero attached hydrogens (tertiary/aromatic N) is 2. The Morgan fingerprint density at radius 3 is 2.71 bits per heavy atom. The van der Waals surface area contributed by atoms with Crippen LogP contribution in [0.1, 0.15) is 44.1 Å². The van der Waals surface area contributed by atoms with Gasteiger partial charge in [0.25, 0.3) is 0 Å². The van der Waals surface area contributed by atoms with Crippen LogP contribution in [-0.4, -0.2) is 55.6 Å². The van der Waals surface area contributed by atoms with Gasteiger partial charge in [-0.15, -0.1) is 0 Å². The smallest absolute Gasteiger partial charge is 0.188 e. The largest absolute Gasteiger partial charge is 0.497 e. The molecule has 3 rings (SSSR count). The molecule has 1 atom stereocenters. The monoisotopic (exact) mass is 450 g/mol. The average molecular weight is 451 g/mol. The minimum absolute atomic E-state index is 0.245. The van der Waals surface area contributed by atoms with Gasteiger partial charge in [-0.2, -0.15) is 0 Å². The first-order chi connectivity index (χ1) is 13.5. The Hall–Kier alpha value is -1.27. The Kier molecular flexibility index (Phi) is 8.03. The lowest BCUT2D eigenvalue weighted by Gasteiger charge is -2.34. The van der Waals surface area contributed by atoms with Gasteiger partial charge in [-0.1, -0.05) is 15.9 Å². The second kappa shape index (κ2) is 10.5. The number of nitrogens with one attached hydrogen (secondary N) is 1. The molecular formula is C22H35BrN4O. The molecule has 0 radical (unpaired) electrons. The predicted molar refractivity (Wildman–Crippen MR) is 119 cm³/mol. The zero-order valence-electron chi connectivity index (χ0n) is 17.1. The highest BCUT2D eigenvalue weighted by Crippen LogP contribution is 2.29. The summed E-state index contributed by atoms with van der Waals surface area (Å²) in [5.41, 5.74) is 7.03. The van der Waals surface area contributed by atoms with Crippen molar-refractivity contribution in [2.75, 3.05) is 39.8 Å². The van der Waals surface area contributed by atoms with Gasteiger partial charge in [-0.3, -0.25) is 5.41 Å². The van der Waals surface area contributed by atoms with E-state index in [1.165, 1.54) is 68.2 Å². The molecule has 3 N–H and O–H groups in total. The first kappa shape index (κ1) is 21.4. The van der Waals surface area contributed by atoms with Crippen molar-refractivity contribution in [3.63, 3.8) is 0 Å². The van der Waals surface area contributed by atoms with Crippen molar-refractivity contribution in [2.24, 2.45) is 17.6 Å². The fraction of sp³-hybridized carbons (Fsp3) is 0.682. The lowest BCUT2D eigenvalue weighted by atomic mass is 9.89. The Balaban J connectivity index is 1.36. The van der Waals surface area contributed by atoms with Gasteiger partial charge in [-0.05, 0) is 100 Å². The number of hydrogen-bond donors (Lipinski definition) is 2. The molecule has 1 unspecified atom stereocenters. The quantitative estimate of drug-likeness (QED) is 0.484. The van der Waals surface area contributed by atoms with E-state index in [2.05, 4.69) is 33.0 Å². The SMILES string of the molecule is COc1ccc(Br)c(CC2CCN(CCCC3CCCN(C(=N)N)C3)CC2)c1. The summed E-state index contributed by atoms with van der Waals surface area (Å²) in [6, 6.07) is 6.28. The highest BCUT2D eigenvalue weighted by Gasteiger charge is 2.22. The summed E-state index contributed by atoms with van der Waals surface area (Å²) in [4.78, 5) is 4.68. The number of hydrogen-bond acceptors (Lipinski definition) is 3. The van der Waals surface area contributed by atoms with Gasteiger partial charge in [0.05, 0.1) is 7.11 Å². The topological polar surface area (TPSA) is 65.6 Å². The van der Waals surface area contributed by atoms with E-state index >= 15 is 0 Å². The molecule has 2 fully saturated rings. The Labute approximate surface area is 178 Å². The molecule has 0 bridgehead atoms. The Morgan fingerprint density at radius 1 is 1.21 bits per heavy atom. The molecule has 6 heteroatoms. The van der Waals surface area contributed by atoms with Crippen LogP contribution in [0.3, 0.4) is 0 Å². The average Bonchev–Trinajstić information content (AvgIpc) is 2.71. The lowest BCUT2D eigenvalue weighted by molar-refractivity contribution is 0.171. The van der Waals surface area contributed by atoms with E-state index < -0.39 is 0 Å². The molecule has 0 spiro atoms. The van der Waals surface area contributed by atoms with Gasteiger partial charge in [-0.25, -0.2) is 0 Å². The van der Waals surface area contributed by atoms with Crippen LogP contribution in [0.5, 0.6) is 5.75 Å². The molecule has 5 nitrogen and oxygen atoms in total. The van der Waals surface area contributed by atoms with E-state index in [0.29, 0.717) is 5.92 Å². The predicted octanol–water partition coefficient (Wildman–Crippen LogP) is 4.10. The van der Waals surface area contributed by atoms with Crippen LogP contribution in [-0.2, 0) is 6.42 Å². The van der Waals surface area contributed by atoms with Crippen molar-refractivity contribution in [3.8, 4) is 5.75 Å². The first-order valence-corrected chi connectivity index (χ1v) is 11.5. The first-order valence-electron chi connectivity index (χ1n) is 10.7. The third-order valence-electron chi connectivity index (χ3n) is 6.42. The summed E-state index contributed by atoms with van der Waals surface area (Å²) >= 11 is 3.69. The number of benzene rings is 1. The summed E-state index contributed by atoms with van der Waals surface area (Å²) in [6.45, 7) is 5.59. The summed E-state index contributed by atoms with van der Waals surface area (Å²) in [5, 5.41) is 7.64. The third kappa shape index (κ3) is 6.11. The van der Waals surface area contributed by atoms with Crippen molar-refractivity contribution < 1.29 is 4.74 Å². The molecule has 1 aromatic carbocycles. The van der Waals surface area contributed by atoms with Crippen LogP contribution in [0.15, 0.2) is 22.7 Å². The van der Waals surface area contributed by atoms with E-state index in [-0.39, 0.29) is 5.96 Å². The zero-order valence-corrected chi connectivity index (χ0v) is 18.7. The van der Waals surface area contributed by atoms with Crippen LogP contribution in [0.4, 0.5) is 0 Å². The van der Waals surface area contributed by atoms with Crippen molar-refractivity contribution >= 4 is 21.9 Å². The molecule has 28 heavy (non-hydrogen) atoms. The van der Waals surface area contributed by atoms with Crippen molar-refractivity contribution in [3.05, 3.63) is 28.2 Å². The molecule has 0 aliphatic carbocycles. The fourth-order valence-corrected chi connectivity index (χ4v) is 5.09. The lowest BCUT2D eigenvalue weighted by Crippen LogP contribution is -2.43. The number of rotatable bonds is 7. The van der Waals surface area contributed by atoms with Gasteiger partial charge < -0.3 is 20.3 Å². The van der Waals surface area contributed by atoms with Crippen LogP contribution in [0.2, 0.25) is 0 Å². The second-order valence-electron chi connectivity index (χ2n) is 8.43. The number of ether oxygens (including phenoxy) is 1. The van der Waals surface area contributed by atoms with E-state index in [1.807, 2.05) is 11.0 Å². The molecule has 2 aliphatic rings.